The van der Waals surface area contributed by atoms with Gasteiger partial charge in [-0.25, -0.2) is 0 Å². The van der Waals surface area contributed by atoms with Crippen molar-refractivity contribution in [2.45, 2.75) is 24.9 Å². The highest BCUT2D eigenvalue weighted by Crippen LogP contribution is 2.32. The molecule has 3 rings (SSSR count). The third-order valence-electron chi connectivity index (χ3n) is 3.24. The smallest absolute Gasteiger partial charge is 0.0573 e. The maximum atomic E-state index is 4.41. The van der Waals surface area contributed by atoms with Crippen LogP contribution in [0.15, 0.2) is 48.8 Å². The highest BCUT2D eigenvalue weighted by atomic mass is 15.0. The van der Waals surface area contributed by atoms with E-state index in [-0.39, 0.29) is 0 Å². The van der Waals surface area contributed by atoms with Gasteiger partial charge in [0.15, 0.2) is 0 Å². The standard InChI is InChI=1S/C14H15N3/c1-3-9-15-11(5-1)13-7-8-14(17-13)12-6-2-4-10-16-12/h1-6,9-10,13-14,17H,7-8H2. The Balaban J connectivity index is 1.75. The Morgan fingerprint density at radius 2 is 1.35 bits per heavy atom. The molecule has 1 aliphatic heterocycles. The summed E-state index contributed by atoms with van der Waals surface area (Å²) in [6.07, 6.45) is 5.95. The molecule has 2 aromatic rings. The van der Waals surface area contributed by atoms with Crippen molar-refractivity contribution in [2.75, 3.05) is 0 Å². The van der Waals surface area contributed by atoms with Gasteiger partial charge in [0.05, 0.1) is 23.5 Å². The second-order valence-corrected chi connectivity index (χ2v) is 4.36. The van der Waals surface area contributed by atoms with Crippen LogP contribution in [0.1, 0.15) is 36.3 Å². The summed E-state index contributed by atoms with van der Waals surface area (Å²) in [5, 5.41) is 3.60. The predicted octanol–water partition coefficient (Wildman–Crippen LogP) is 2.64. The molecule has 0 radical (unpaired) electrons. The molecular formula is C14H15N3. The van der Waals surface area contributed by atoms with E-state index in [1.165, 1.54) is 0 Å². The number of aromatic nitrogens is 2. The topological polar surface area (TPSA) is 37.8 Å². The normalized spacial score (nSPS) is 23.8. The average molecular weight is 225 g/mol. The molecular weight excluding hydrogens is 210 g/mol. The van der Waals surface area contributed by atoms with E-state index in [4.69, 9.17) is 0 Å². The first-order valence-corrected chi connectivity index (χ1v) is 6.01. The second kappa shape index (κ2) is 4.63. The fraction of sp³-hybridized carbons (Fsp3) is 0.286. The lowest BCUT2D eigenvalue weighted by molar-refractivity contribution is 0.555. The zero-order valence-electron chi connectivity index (χ0n) is 9.58. The maximum absolute atomic E-state index is 4.41. The van der Waals surface area contributed by atoms with Crippen LogP contribution in [-0.4, -0.2) is 9.97 Å². The number of nitrogens with zero attached hydrogens (tertiary/aromatic N) is 2. The molecule has 86 valence electrons. The Morgan fingerprint density at radius 1 is 0.824 bits per heavy atom. The quantitative estimate of drug-likeness (QED) is 0.853. The fourth-order valence-electron chi connectivity index (χ4n) is 2.37. The van der Waals surface area contributed by atoms with Crippen LogP contribution < -0.4 is 5.32 Å². The minimum absolute atomic E-state index is 0.364. The van der Waals surface area contributed by atoms with Crippen molar-refractivity contribution in [3.8, 4) is 0 Å². The molecule has 0 aromatic carbocycles. The molecule has 0 spiro atoms. The van der Waals surface area contributed by atoms with Crippen molar-refractivity contribution in [1.82, 2.24) is 15.3 Å². The second-order valence-electron chi connectivity index (χ2n) is 4.36. The monoisotopic (exact) mass is 225 g/mol. The van der Waals surface area contributed by atoms with E-state index in [2.05, 4.69) is 27.4 Å². The van der Waals surface area contributed by atoms with E-state index < -0.39 is 0 Å². The molecule has 2 aromatic heterocycles. The van der Waals surface area contributed by atoms with E-state index in [0.29, 0.717) is 12.1 Å². The third kappa shape index (κ3) is 2.19. The van der Waals surface area contributed by atoms with Gasteiger partial charge in [0.25, 0.3) is 0 Å². The van der Waals surface area contributed by atoms with E-state index >= 15 is 0 Å². The number of rotatable bonds is 2. The zero-order chi connectivity index (χ0) is 11.5. The summed E-state index contributed by atoms with van der Waals surface area (Å²) in [4.78, 5) is 8.81. The predicted molar refractivity (Wildman–Crippen MR) is 66.3 cm³/mol. The van der Waals surface area contributed by atoms with Gasteiger partial charge in [0.2, 0.25) is 0 Å². The first kappa shape index (κ1) is 10.4. The Hall–Kier alpha value is -1.74. The summed E-state index contributed by atoms with van der Waals surface area (Å²) in [5.74, 6) is 0. The van der Waals surface area contributed by atoms with Crippen molar-refractivity contribution in [2.24, 2.45) is 0 Å². The van der Waals surface area contributed by atoms with Gasteiger partial charge in [0.1, 0.15) is 0 Å². The van der Waals surface area contributed by atoms with Crippen molar-refractivity contribution in [1.29, 1.82) is 0 Å². The number of hydrogen-bond acceptors (Lipinski definition) is 3. The molecule has 3 heterocycles. The van der Waals surface area contributed by atoms with Crippen LogP contribution in [0.3, 0.4) is 0 Å². The lowest BCUT2D eigenvalue weighted by Crippen LogP contribution is -2.19. The summed E-state index contributed by atoms with van der Waals surface area (Å²) in [6, 6.07) is 12.9. The van der Waals surface area contributed by atoms with E-state index in [1.54, 1.807) is 0 Å². The summed E-state index contributed by atoms with van der Waals surface area (Å²) >= 11 is 0. The summed E-state index contributed by atoms with van der Waals surface area (Å²) in [7, 11) is 0. The van der Waals surface area contributed by atoms with Crippen LogP contribution >= 0.6 is 0 Å². The zero-order valence-corrected chi connectivity index (χ0v) is 9.58. The molecule has 17 heavy (non-hydrogen) atoms. The van der Waals surface area contributed by atoms with Crippen LogP contribution in [-0.2, 0) is 0 Å². The van der Waals surface area contributed by atoms with Crippen LogP contribution in [0.2, 0.25) is 0 Å². The Kier molecular flexibility index (Phi) is 2.84. The first-order chi connectivity index (χ1) is 8.43. The lowest BCUT2D eigenvalue weighted by Gasteiger charge is -2.13. The van der Waals surface area contributed by atoms with Gasteiger partial charge in [-0.2, -0.15) is 0 Å². The number of hydrogen-bond donors (Lipinski definition) is 1. The van der Waals surface area contributed by atoms with Crippen LogP contribution in [0.4, 0.5) is 0 Å². The molecule has 1 N–H and O–H groups in total. The lowest BCUT2D eigenvalue weighted by atomic mass is 10.1. The number of nitrogens with one attached hydrogen (secondary N) is 1. The van der Waals surface area contributed by atoms with Crippen molar-refractivity contribution in [3.63, 3.8) is 0 Å². The minimum Gasteiger partial charge on any atom is -0.300 e. The molecule has 0 amide bonds. The van der Waals surface area contributed by atoms with Crippen LogP contribution in [0.25, 0.3) is 0 Å². The summed E-state index contributed by atoms with van der Waals surface area (Å²) in [6.45, 7) is 0. The average Bonchev–Trinajstić information content (AvgIpc) is 2.90. The van der Waals surface area contributed by atoms with Crippen molar-refractivity contribution >= 4 is 0 Å². The molecule has 1 saturated heterocycles. The molecule has 2 atom stereocenters. The molecule has 1 aliphatic rings. The Bertz CT molecular complexity index is 424. The SMILES string of the molecule is c1ccc(C2CCC(c3ccccn3)N2)nc1. The molecule has 2 unspecified atom stereocenters. The molecule has 0 saturated carbocycles. The maximum Gasteiger partial charge on any atom is 0.0573 e. The van der Waals surface area contributed by atoms with E-state index in [0.717, 1.165) is 24.2 Å². The fourth-order valence-corrected chi connectivity index (χ4v) is 2.37. The Morgan fingerprint density at radius 3 is 1.76 bits per heavy atom. The number of pyridine rings is 2. The van der Waals surface area contributed by atoms with Crippen molar-refractivity contribution in [3.05, 3.63) is 60.2 Å². The van der Waals surface area contributed by atoms with Gasteiger partial charge in [-0.1, -0.05) is 12.1 Å². The molecule has 0 aliphatic carbocycles. The summed E-state index contributed by atoms with van der Waals surface area (Å²) < 4.78 is 0. The van der Waals surface area contributed by atoms with Gasteiger partial charge < -0.3 is 5.32 Å². The molecule has 3 nitrogen and oxygen atoms in total. The molecule has 1 fully saturated rings. The Labute approximate surface area is 101 Å². The van der Waals surface area contributed by atoms with Gasteiger partial charge in [-0.15, -0.1) is 0 Å². The van der Waals surface area contributed by atoms with Gasteiger partial charge in [0, 0.05) is 12.4 Å². The minimum atomic E-state index is 0.364. The third-order valence-corrected chi connectivity index (χ3v) is 3.24. The van der Waals surface area contributed by atoms with Gasteiger partial charge in [-0.05, 0) is 37.1 Å². The van der Waals surface area contributed by atoms with E-state index in [1.807, 2.05) is 36.7 Å². The van der Waals surface area contributed by atoms with Gasteiger partial charge in [-0.3, -0.25) is 9.97 Å². The highest BCUT2D eigenvalue weighted by molar-refractivity contribution is 5.15. The van der Waals surface area contributed by atoms with Crippen LogP contribution in [0, 0.1) is 0 Å². The molecule has 0 bridgehead atoms. The highest BCUT2D eigenvalue weighted by Gasteiger charge is 2.27. The molecule has 3 heteroatoms. The largest absolute Gasteiger partial charge is 0.300 e. The summed E-state index contributed by atoms with van der Waals surface area (Å²) in [5.41, 5.74) is 2.26. The van der Waals surface area contributed by atoms with Crippen molar-refractivity contribution < 1.29 is 0 Å². The van der Waals surface area contributed by atoms with Gasteiger partial charge >= 0.3 is 0 Å². The van der Waals surface area contributed by atoms with E-state index in [9.17, 15) is 0 Å². The first-order valence-electron chi connectivity index (χ1n) is 6.01. The van der Waals surface area contributed by atoms with Crippen LogP contribution in [0.5, 0.6) is 0 Å².